The lowest BCUT2D eigenvalue weighted by atomic mass is 10.5. The fourth-order valence-corrected chi connectivity index (χ4v) is 0.528. The number of esters is 1. The molecule has 11 heavy (non-hydrogen) atoms. The molecular formula is C7H11ClO3. The van der Waals surface area contributed by atoms with E-state index in [2.05, 4.69) is 9.47 Å². The van der Waals surface area contributed by atoms with Gasteiger partial charge in [0.2, 0.25) is 0 Å². The van der Waals surface area contributed by atoms with Gasteiger partial charge in [-0.1, -0.05) is 17.7 Å². The van der Waals surface area contributed by atoms with Gasteiger partial charge in [-0.15, -0.1) is 0 Å². The smallest absolute Gasteiger partial charge is 0.331 e. The molecule has 0 aliphatic carbocycles. The van der Waals surface area contributed by atoms with E-state index in [1.807, 2.05) is 0 Å². The first-order valence-corrected chi connectivity index (χ1v) is 3.60. The highest BCUT2D eigenvalue weighted by molar-refractivity contribution is 6.20. The van der Waals surface area contributed by atoms with Crippen molar-refractivity contribution in [2.45, 2.75) is 12.5 Å². The van der Waals surface area contributed by atoms with Crippen molar-refractivity contribution in [3.63, 3.8) is 0 Å². The lowest BCUT2D eigenvalue weighted by molar-refractivity contribution is -0.138. The van der Waals surface area contributed by atoms with Gasteiger partial charge in [0.05, 0.1) is 6.61 Å². The maximum Gasteiger partial charge on any atom is 0.331 e. The summed E-state index contributed by atoms with van der Waals surface area (Å²) in [6, 6.07) is 0. The molecule has 0 aromatic carbocycles. The number of carbonyl (C=O) groups excluding carboxylic acids is 1. The molecule has 0 radical (unpaired) electrons. The summed E-state index contributed by atoms with van der Waals surface area (Å²) in [5.41, 5.74) is -0.588. The molecule has 0 fully saturated rings. The predicted octanol–water partition coefficient (Wildman–Crippen LogP) is 1.32. The van der Waals surface area contributed by atoms with Crippen LogP contribution in [-0.2, 0) is 14.3 Å². The Morgan fingerprint density at radius 1 is 1.73 bits per heavy atom. The summed E-state index contributed by atoms with van der Waals surface area (Å²) in [5.74, 6) is -0.454. The van der Waals surface area contributed by atoms with Gasteiger partial charge in [-0.2, -0.15) is 0 Å². The van der Waals surface area contributed by atoms with Crippen LogP contribution in [0.25, 0.3) is 0 Å². The summed E-state index contributed by atoms with van der Waals surface area (Å²) < 4.78 is 9.25. The highest BCUT2D eigenvalue weighted by Crippen LogP contribution is 1.96. The largest absolute Gasteiger partial charge is 0.443 e. The van der Waals surface area contributed by atoms with E-state index >= 15 is 0 Å². The first-order chi connectivity index (χ1) is 5.16. The quantitative estimate of drug-likeness (QED) is 0.370. The SMILES string of the molecule is COC/C=C/C(=O)OC(C)Cl. The van der Waals surface area contributed by atoms with Gasteiger partial charge >= 0.3 is 5.97 Å². The Kier molecular flexibility index (Phi) is 5.88. The molecule has 0 aromatic heterocycles. The Morgan fingerprint density at radius 2 is 2.36 bits per heavy atom. The van der Waals surface area contributed by atoms with Gasteiger partial charge in [-0.05, 0) is 6.92 Å². The normalized spacial score (nSPS) is 13.4. The van der Waals surface area contributed by atoms with Gasteiger partial charge in [-0.25, -0.2) is 4.79 Å². The third-order valence-electron chi connectivity index (χ3n) is 0.795. The van der Waals surface area contributed by atoms with Crippen molar-refractivity contribution in [3.8, 4) is 0 Å². The van der Waals surface area contributed by atoms with Crippen LogP contribution in [0.3, 0.4) is 0 Å². The molecule has 1 atom stereocenters. The molecular weight excluding hydrogens is 168 g/mol. The molecule has 0 aromatic rings. The Labute approximate surface area is 70.9 Å². The zero-order valence-corrected chi connectivity index (χ0v) is 7.30. The first-order valence-electron chi connectivity index (χ1n) is 3.17. The van der Waals surface area contributed by atoms with Crippen LogP contribution in [0.1, 0.15) is 6.92 Å². The number of methoxy groups -OCH3 is 1. The van der Waals surface area contributed by atoms with E-state index in [-0.39, 0.29) is 0 Å². The van der Waals surface area contributed by atoms with E-state index in [0.717, 1.165) is 0 Å². The summed E-state index contributed by atoms with van der Waals surface area (Å²) in [7, 11) is 1.54. The van der Waals surface area contributed by atoms with E-state index in [1.165, 1.54) is 6.08 Å². The average molecular weight is 179 g/mol. The van der Waals surface area contributed by atoms with Crippen LogP contribution in [0.2, 0.25) is 0 Å². The fraction of sp³-hybridized carbons (Fsp3) is 0.571. The Balaban J connectivity index is 3.51. The third kappa shape index (κ3) is 7.36. The highest BCUT2D eigenvalue weighted by Gasteiger charge is 2.00. The number of alkyl halides is 1. The Hall–Kier alpha value is -0.540. The molecule has 0 aliphatic rings. The molecule has 0 spiro atoms. The zero-order valence-electron chi connectivity index (χ0n) is 6.54. The minimum atomic E-state index is -0.588. The van der Waals surface area contributed by atoms with Gasteiger partial charge in [0.15, 0.2) is 5.56 Å². The van der Waals surface area contributed by atoms with Gasteiger partial charge < -0.3 is 9.47 Å². The van der Waals surface area contributed by atoms with Gasteiger partial charge in [0.1, 0.15) is 0 Å². The molecule has 0 bridgehead atoms. The Bertz CT molecular complexity index is 143. The number of ether oxygens (including phenoxy) is 2. The standard InChI is InChI=1S/C7H11ClO3/c1-6(8)11-7(9)4-3-5-10-2/h3-4,6H,5H2,1-2H3/b4-3+. The second-order valence-corrected chi connectivity index (χ2v) is 2.45. The van der Waals surface area contributed by atoms with Crippen molar-refractivity contribution in [1.29, 1.82) is 0 Å². The molecule has 3 nitrogen and oxygen atoms in total. The van der Waals surface area contributed by atoms with E-state index in [4.69, 9.17) is 11.6 Å². The zero-order chi connectivity index (χ0) is 8.69. The molecule has 64 valence electrons. The van der Waals surface area contributed by atoms with Crippen molar-refractivity contribution < 1.29 is 14.3 Å². The molecule has 0 saturated carbocycles. The van der Waals surface area contributed by atoms with E-state index in [9.17, 15) is 4.79 Å². The van der Waals surface area contributed by atoms with Crippen LogP contribution in [0, 0.1) is 0 Å². The van der Waals surface area contributed by atoms with Crippen LogP contribution < -0.4 is 0 Å². The topological polar surface area (TPSA) is 35.5 Å². The van der Waals surface area contributed by atoms with Crippen molar-refractivity contribution in [2.24, 2.45) is 0 Å². The maximum absolute atomic E-state index is 10.7. The highest BCUT2D eigenvalue weighted by atomic mass is 35.5. The minimum absolute atomic E-state index is 0.395. The summed E-state index contributed by atoms with van der Waals surface area (Å²) in [6.45, 7) is 1.97. The van der Waals surface area contributed by atoms with Gasteiger partial charge in [-0.3, -0.25) is 0 Å². The number of halogens is 1. The van der Waals surface area contributed by atoms with Crippen LogP contribution in [-0.4, -0.2) is 25.2 Å². The number of hydrogen-bond acceptors (Lipinski definition) is 3. The molecule has 1 unspecified atom stereocenters. The predicted molar refractivity (Wildman–Crippen MR) is 42.4 cm³/mol. The molecule has 4 heteroatoms. The van der Waals surface area contributed by atoms with Crippen LogP contribution in [0.4, 0.5) is 0 Å². The minimum Gasteiger partial charge on any atom is -0.443 e. The maximum atomic E-state index is 10.7. The van der Waals surface area contributed by atoms with E-state index < -0.39 is 11.5 Å². The molecule has 0 rings (SSSR count). The summed E-state index contributed by atoms with van der Waals surface area (Å²) in [5, 5.41) is 0. The Morgan fingerprint density at radius 3 is 2.82 bits per heavy atom. The van der Waals surface area contributed by atoms with Gasteiger partial charge in [0, 0.05) is 13.2 Å². The second-order valence-electron chi connectivity index (χ2n) is 1.84. The lowest BCUT2D eigenvalue weighted by Gasteiger charge is -2.01. The molecule has 0 N–H and O–H groups in total. The number of carbonyl (C=O) groups is 1. The van der Waals surface area contributed by atoms with Crippen LogP contribution in [0.5, 0.6) is 0 Å². The van der Waals surface area contributed by atoms with Gasteiger partial charge in [0.25, 0.3) is 0 Å². The molecule has 0 saturated heterocycles. The summed E-state index contributed by atoms with van der Waals surface area (Å²) >= 11 is 5.38. The van der Waals surface area contributed by atoms with E-state index in [0.29, 0.717) is 6.61 Å². The third-order valence-corrected chi connectivity index (χ3v) is 0.884. The number of hydrogen-bond donors (Lipinski definition) is 0. The number of rotatable bonds is 4. The van der Waals surface area contributed by atoms with Crippen molar-refractivity contribution in [2.75, 3.05) is 13.7 Å². The average Bonchev–Trinajstić information content (AvgIpc) is 1.86. The fourth-order valence-electron chi connectivity index (χ4n) is 0.440. The molecule has 0 heterocycles. The van der Waals surface area contributed by atoms with E-state index in [1.54, 1.807) is 20.1 Å². The van der Waals surface area contributed by atoms with Crippen LogP contribution in [0.15, 0.2) is 12.2 Å². The summed E-state index contributed by atoms with van der Waals surface area (Å²) in [6.07, 6.45) is 2.84. The second kappa shape index (κ2) is 6.19. The monoisotopic (exact) mass is 178 g/mol. The first kappa shape index (κ1) is 10.5. The summed E-state index contributed by atoms with van der Waals surface area (Å²) in [4.78, 5) is 10.7. The van der Waals surface area contributed by atoms with Crippen molar-refractivity contribution in [3.05, 3.63) is 12.2 Å². The lowest BCUT2D eigenvalue weighted by Crippen LogP contribution is -2.06. The van der Waals surface area contributed by atoms with Crippen LogP contribution >= 0.6 is 11.6 Å². The molecule has 0 amide bonds. The van der Waals surface area contributed by atoms with Crippen molar-refractivity contribution in [1.82, 2.24) is 0 Å². The van der Waals surface area contributed by atoms with Crippen molar-refractivity contribution >= 4 is 17.6 Å². The molecule has 0 aliphatic heterocycles.